The van der Waals surface area contributed by atoms with Crippen LogP contribution in [0.25, 0.3) is 22.2 Å². The molecule has 0 saturated carbocycles. The Kier molecular flexibility index (Phi) is 5.31. The first-order valence-electron chi connectivity index (χ1n) is 9.20. The second-order valence-electron chi connectivity index (χ2n) is 6.73. The molecule has 2 aromatic carbocycles. The summed E-state index contributed by atoms with van der Waals surface area (Å²) >= 11 is 1.39. The van der Waals surface area contributed by atoms with Crippen molar-refractivity contribution in [3.63, 3.8) is 0 Å². The zero-order chi connectivity index (χ0) is 20.4. The van der Waals surface area contributed by atoms with E-state index < -0.39 is 5.82 Å². The van der Waals surface area contributed by atoms with E-state index in [0.717, 1.165) is 33.4 Å². The number of amides is 1. The fourth-order valence-electron chi connectivity index (χ4n) is 3.36. The summed E-state index contributed by atoms with van der Waals surface area (Å²) in [5, 5.41) is 6.44. The van der Waals surface area contributed by atoms with Gasteiger partial charge in [0.05, 0.1) is 12.8 Å². The summed E-state index contributed by atoms with van der Waals surface area (Å²) in [5.74, 6) is -0.386. The van der Waals surface area contributed by atoms with Gasteiger partial charge in [-0.05, 0) is 37.1 Å². The van der Waals surface area contributed by atoms with Crippen LogP contribution in [0.2, 0.25) is 0 Å². The largest absolute Gasteiger partial charge is 0.494 e. The van der Waals surface area contributed by atoms with Crippen LogP contribution in [0.1, 0.15) is 17.7 Å². The maximum absolute atomic E-state index is 13.8. The van der Waals surface area contributed by atoms with E-state index >= 15 is 0 Å². The molecule has 0 unspecified atom stereocenters. The van der Waals surface area contributed by atoms with Crippen LogP contribution in [0.5, 0.6) is 5.75 Å². The van der Waals surface area contributed by atoms with Gasteiger partial charge in [0.2, 0.25) is 5.91 Å². The number of aryl methyl sites for hydroxylation is 2. The van der Waals surface area contributed by atoms with E-state index in [1.54, 1.807) is 12.1 Å². The first kappa shape index (κ1) is 19.1. The Morgan fingerprint density at radius 3 is 2.90 bits per heavy atom. The van der Waals surface area contributed by atoms with Gasteiger partial charge in [0.15, 0.2) is 16.7 Å². The third-order valence-corrected chi connectivity index (χ3v) is 5.51. The Morgan fingerprint density at radius 1 is 1.28 bits per heavy atom. The predicted molar refractivity (Wildman–Crippen MR) is 114 cm³/mol. The van der Waals surface area contributed by atoms with Crippen molar-refractivity contribution >= 4 is 33.3 Å². The number of anilines is 1. The number of nitrogens with zero attached hydrogens (tertiary/aromatic N) is 1. The molecule has 0 aliphatic rings. The minimum Gasteiger partial charge on any atom is -0.494 e. The SMILES string of the molecule is COc1ccc(CCC(=O)Nc2nc(-c3c(C)[nH]c4ccccc34)cs2)cc1F. The van der Waals surface area contributed by atoms with E-state index in [0.29, 0.717) is 11.6 Å². The van der Waals surface area contributed by atoms with Crippen molar-refractivity contribution in [2.24, 2.45) is 0 Å². The van der Waals surface area contributed by atoms with Crippen LogP contribution in [-0.2, 0) is 11.2 Å². The molecule has 0 fully saturated rings. The van der Waals surface area contributed by atoms with Crippen LogP contribution in [0.4, 0.5) is 9.52 Å². The first-order chi connectivity index (χ1) is 14.0. The summed E-state index contributed by atoms with van der Waals surface area (Å²) in [4.78, 5) is 20.2. The zero-order valence-electron chi connectivity index (χ0n) is 16.1. The molecule has 148 valence electrons. The van der Waals surface area contributed by atoms with Crippen LogP contribution in [0.3, 0.4) is 0 Å². The number of aromatic amines is 1. The molecule has 4 rings (SSSR count). The van der Waals surface area contributed by atoms with Gasteiger partial charge in [-0.2, -0.15) is 0 Å². The molecular weight excluding hydrogens is 389 g/mol. The summed E-state index contributed by atoms with van der Waals surface area (Å²) < 4.78 is 18.7. The van der Waals surface area contributed by atoms with Crippen molar-refractivity contribution in [3.8, 4) is 17.0 Å². The number of carbonyl (C=O) groups is 1. The molecule has 0 spiro atoms. The van der Waals surface area contributed by atoms with Gasteiger partial charge in [-0.3, -0.25) is 4.79 Å². The Morgan fingerprint density at radius 2 is 2.10 bits per heavy atom. The van der Waals surface area contributed by atoms with E-state index in [1.807, 2.05) is 30.5 Å². The number of carbonyl (C=O) groups excluding carboxylic acids is 1. The monoisotopic (exact) mass is 409 g/mol. The van der Waals surface area contributed by atoms with Crippen molar-refractivity contribution in [1.82, 2.24) is 9.97 Å². The molecule has 1 amide bonds. The van der Waals surface area contributed by atoms with Crippen molar-refractivity contribution in [3.05, 3.63) is 64.9 Å². The molecular formula is C22H20FN3O2S. The van der Waals surface area contributed by atoms with Gasteiger partial charge in [-0.25, -0.2) is 9.37 Å². The molecule has 0 atom stereocenters. The molecule has 0 aliphatic heterocycles. The fraction of sp³-hybridized carbons (Fsp3) is 0.182. The van der Waals surface area contributed by atoms with Crippen molar-refractivity contribution in [2.45, 2.75) is 19.8 Å². The zero-order valence-corrected chi connectivity index (χ0v) is 16.9. The molecule has 7 heteroatoms. The average molecular weight is 409 g/mol. The number of halogens is 1. The van der Waals surface area contributed by atoms with Gasteiger partial charge in [0.25, 0.3) is 0 Å². The maximum Gasteiger partial charge on any atom is 0.226 e. The summed E-state index contributed by atoms with van der Waals surface area (Å²) in [5.41, 5.74) is 4.72. The van der Waals surface area contributed by atoms with Gasteiger partial charge in [-0.1, -0.05) is 24.3 Å². The number of thiazole rings is 1. The number of hydrogen-bond acceptors (Lipinski definition) is 4. The lowest BCUT2D eigenvalue weighted by Gasteiger charge is -2.05. The van der Waals surface area contributed by atoms with Crippen molar-refractivity contribution in [2.75, 3.05) is 12.4 Å². The minimum absolute atomic E-state index is 0.155. The first-order valence-corrected chi connectivity index (χ1v) is 10.1. The Labute approximate surface area is 171 Å². The topological polar surface area (TPSA) is 67.0 Å². The summed E-state index contributed by atoms with van der Waals surface area (Å²) in [7, 11) is 1.42. The Hall–Kier alpha value is -3.19. The second-order valence-corrected chi connectivity index (χ2v) is 7.58. The second kappa shape index (κ2) is 8.05. The molecule has 0 radical (unpaired) electrons. The maximum atomic E-state index is 13.8. The van der Waals surface area contributed by atoms with Crippen LogP contribution < -0.4 is 10.1 Å². The normalized spacial score (nSPS) is 11.0. The van der Waals surface area contributed by atoms with E-state index in [4.69, 9.17) is 4.74 Å². The number of fused-ring (bicyclic) bond motifs is 1. The lowest BCUT2D eigenvalue weighted by Crippen LogP contribution is -2.12. The van der Waals surface area contributed by atoms with Gasteiger partial charge >= 0.3 is 0 Å². The highest BCUT2D eigenvalue weighted by molar-refractivity contribution is 7.14. The summed E-state index contributed by atoms with van der Waals surface area (Å²) in [6.45, 7) is 2.01. The third kappa shape index (κ3) is 4.00. The van der Waals surface area contributed by atoms with Gasteiger partial charge in [0, 0.05) is 34.0 Å². The highest BCUT2D eigenvalue weighted by Crippen LogP contribution is 2.33. The molecule has 2 aromatic heterocycles. The molecule has 0 saturated heterocycles. The van der Waals surface area contributed by atoms with E-state index in [2.05, 4.69) is 21.4 Å². The number of methoxy groups -OCH3 is 1. The summed E-state index contributed by atoms with van der Waals surface area (Å²) in [6, 6.07) is 12.8. The Balaban J connectivity index is 1.43. The summed E-state index contributed by atoms with van der Waals surface area (Å²) in [6.07, 6.45) is 0.680. The third-order valence-electron chi connectivity index (χ3n) is 4.76. The highest BCUT2D eigenvalue weighted by Gasteiger charge is 2.14. The number of para-hydroxylation sites is 1. The number of nitrogens with one attached hydrogen (secondary N) is 2. The van der Waals surface area contributed by atoms with Crippen LogP contribution in [-0.4, -0.2) is 23.0 Å². The van der Waals surface area contributed by atoms with Gasteiger partial charge in [0.1, 0.15) is 0 Å². The van der Waals surface area contributed by atoms with Crippen LogP contribution >= 0.6 is 11.3 Å². The Bertz CT molecular complexity index is 1180. The predicted octanol–water partition coefficient (Wildman–Crippen LogP) is 5.32. The standard InChI is InChI=1S/C22H20FN3O2S/c1-13-21(15-5-3-4-6-17(15)24-13)18-12-29-22(25-18)26-20(27)10-8-14-7-9-19(28-2)16(23)11-14/h3-7,9,11-12,24H,8,10H2,1-2H3,(H,25,26,27). The molecule has 5 nitrogen and oxygen atoms in total. The lowest BCUT2D eigenvalue weighted by atomic mass is 10.1. The highest BCUT2D eigenvalue weighted by atomic mass is 32.1. The van der Waals surface area contributed by atoms with Crippen molar-refractivity contribution in [1.29, 1.82) is 0 Å². The van der Waals surface area contributed by atoms with E-state index in [1.165, 1.54) is 24.5 Å². The number of ether oxygens (including phenoxy) is 1. The van der Waals surface area contributed by atoms with Crippen molar-refractivity contribution < 1.29 is 13.9 Å². The molecule has 0 bridgehead atoms. The van der Waals surface area contributed by atoms with Crippen LogP contribution in [0.15, 0.2) is 47.8 Å². The van der Waals surface area contributed by atoms with E-state index in [9.17, 15) is 9.18 Å². The average Bonchev–Trinajstić information content (AvgIpc) is 3.29. The minimum atomic E-state index is -0.427. The molecule has 29 heavy (non-hydrogen) atoms. The fourth-order valence-corrected chi connectivity index (χ4v) is 4.08. The number of H-pyrrole nitrogens is 1. The number of rotatable bonds is 6. The molecule has 2 N–H and O–H groups in total. The quantitative estimate of drug-likeness (QED) is 0.453. The van der Waals surface area contributed by atoms with Gasteiger partial charge in [-0.15, -0.1) is 11.3 Å². The molecule has 0 aliphatic carbocycles. The molecule has 4 aromatic rings. The number of benzene rings is 2. The molecule has 2 heterocycles. The lowest BCUT2D eigenvalue weighted by molar-refractivity contribution is -0.116. The number of hydrogen-bond donors (Lipinski definition) is 2. The van der Waals surface area contributed by atoms with Crippen LogP contribution in [0, 0.1) is 12.7 Å². The van der Waals surface area contributed by atoms with E-state index in [-0.39, 0.29) is 18.1 Å². The smallest absolute Gasteiger partial charge is 0.226 e. The van der Waals surface area contributed by atoms with Gasteiger partial charge < -0.3 is 15.0 Å². The number of aromatic nitrogens is 2.